The number of hydrogen-bond acceptors (Lipinski definition) is 4. The van der Waals surface area contributed by atoms with Crippen molar-refractivity contribution in [2.75, 3.05) is 0 Å². The van der Waals surface area contributed by atoms with Gasteiger partial charge in [-0.3, -0.25) is 9.59 Å². The van der Waals surface area contributed by atoms with Crippen molar-refractivity contribution < 1.29 is 19.1 Å². The number of hydrogen-bond donors (Lipinski definition) is 0. The quantitative estimate of drug-likeness (QED) is 0.288. The molecule has 24 heavy (non-hydrogen) atoms. The summed E-state index contributed by atoms with van der Waals surface area (Å²) in [5.74, 6) is -0.386. The van der Waals surface area contributed by atoms with Crippen LogP contribution in [0.25, 0.3) is 0 Å². The number of ether oxygens (including phenoxy) is 2. The van der Waals surface area contributed by atoms with Crippen LogP contribution in [0.2, 0.25) is 0 Å². The highest BCUT2D eigenvalue weighted by molar-refractivity contribution is 5.70. The average molecular weight is 343 g/mol. The molecule has 0 spiro atoms. The lowest BCUT2D eigenvalue weighted by atomic mass is 10.1. The maximum atomic E-state index is 11.8. The van der Waals surface area contributed by atoms with Crippen LogP contribution in [0.1, 0.15) is 105 Å². The molecule has 0 radical (unpaired) electrons. The highest BCUT2D eigenvalue weighted by atomic mass is 16.6. The molecule has 4 heteroatoms. The summed E-state index contributed by atoms with van der Waals surface area (Å²) >= 11 is 0. The lowest BCUT2D eigenvalue weighted by Gasteiger charge is -2.21. The first-order chi connectivity index (χ1) is 11.5. The van der Waals surface area contributed by atoms with Gasteiger partial charge in [0.25, 0.3) is 0 Å². The normalized spacial score (nSPS) is 13.3. The van der Waals surface area contributed by atoms with Crippen molar-refractivity contribution in [2.45, 2.75) is 117 Å². The zero-order valence-corrected chi connectivity index (χ0v) is 16.3. The molecule has 0 N–H and O–H groups in total. The summed E-state index contributed by atoms with van der Waals surface area (Å²) < 4.78 is 10.7. The third-order valence-corrected chi connectivity index (χ3v) is 4.26. The molecule has 4 nitrogen and oxygen atoms in total. The number of carbonyl (C=O) groups is 2. The molecule has 1 unspecified atom stereocenters. The molecule has 0 bridgehead atoms. The van der Waals surface area contributed by atoms with E-state index in [4.69, 9.17) is 9.47 Å². The van der Waals surface area contributed by atoms with E-state index in [0.29, 0.717) is 12.8 Å². The molecular formula is C20H38O4. The highest BCUT2D eigenvalue weighted by Crippen LogP contribution is 2.11. The first-order valence-electron chi connectivity index (χ1n) is 9.90. The Morgan fingerprint density at radius 1 is 0.625 bits per heavy atom. The van der Waals surface area contributed by atoms with E-state index in [2.05, 4.69) is 13.8 Å². The van der Waals surface area contributed by atoms with Gasteiger partial charge in [0.05, 0.1) is 0 Å². The van der Waals surface area contributed by atoms with Gasteiger partial charge in [-0.05, 0) is 26.7 Å². The van der Waals surface area contributed by atoms with E-state index in [1.165, 1.54) is 38.5 Å². The van der Waals surface area contributed by atoms with Crippen LogP contribution in [-0.2, 0) is 19.1 Å². The van der Waals surface area contributed by atoms with Gasteiger partial charge in [-0.15, -0.1) is 0 Å². The maximum absolute atomic E-state index is 11.8. The molecule has 0 aromatic carbocycles. The van der Waals surface area contributed by atoms with E-state index in [9.17, 15) is 9.59 Å². The van der Waals surface area contributed by atoms with Gasteiger partial charge in [-0.25, -0.2) is 0 Å². The second-order valence-electron chi connectivity index (χ2n) is 6.72. The summed E-state index contributed by atoms with van der Waals surface area (Å²) in [6.45, 7) is 7.91. The first-order valence-corrected chi connectivity index (χ1v) is 9.90. The molecule has 0 aliphatic heterocycles. The fourth-order valence-corrected chi connectivity index (χ4v) is 2.47. The zero-order valence-electron chi connectivity index (χ0n) is 16.3. The van der Waals surface area contributed by atoms with Gasteiger partial charge in [0, 0.05) is 12.8 Å². The van der Waals surface area contributed by atoms with Crippen LogP contribution in [-0.4, -0.2) is 24.1 Å². The van der Waals surface area contributed by atoms with Crippen molar-refractivity contribution in [3.05, 3.63) is 0 Å². The Bertz CT molecular complexity index is 296. The molecule has 0 rings (SSSR count). The molecule has 0 saturated carbocycles. The predicted octanol–water partition coefficient (Wildman–Crippen LogP) is 5.57. The van der Waals surface area contributed by atoms with Crippen molar-refractivity contribution >= 4 is 11.9 Å². The fraction of sp³-hybridized carbons (Fsp3) is 0.900. The molecule has 0 aromatic rings. The second kappa shape index (κ2) is 15.5. The Morgan fingerprint density at radius 2 is 0.958 bits per heavy atom. The van der Waals surface area contributed by atoms with Crippen LogP contribution in [0.3, 0.4) is 0 Å². The third-order valence-electron chi connectivity index (χ3n) is 4.26. The van der Waals surface area contributed by atoms with Crippen LogP contribution < -0.4 is 0 Å². The van der Waals surface area contributed by atoms with E-state index in [1.807, 2.05) is 0 Å². The van der Waals surface area contributed by atoms with Gasteiger partial charge in [0.1, 0.15) is 12.2 Å². The molecule has 0 aliphatic rings. The molecule has 0 fully saturated rings. The topological polar surface area (TPSA) is 52.6 Å². The monoisotopic (exact) mass is 342 g/mol. The van der Waals surface area contributed by atoms with Crippen molar-refractivity contribution in [3.8, 4) is 0 Å². The maximum Gasteiger partial charge on any atom is 0.306 e. The van der Waals surface area contributed by atoms with Crippen molar-refractivity contribution in [1.29, 1.82) is 0 Å². The molecule has 0 aromatic heterocycles. The number of unbranched alkanes of at least 4 members (excludes halogenated alkanes) is 8. The third kappa shape index (κ3) is 13.4. The van der Waals surface area contributed by atoms with E-state index in [-0.39, 0.29) is 11.9 Å². The minimum Gasteiger partial charge on any atom is -0.459 e. The van der Waals surface area contributed by atoms with Gasteiger partial charge < -0.3 is 9.47 Å². The van der Waals surface area contributed by atoms with Gasteiger partial charge in [0.2, 0.25) is 0 Å². The standard InChI is InChI=1S/C20H38O4/c1-5-7-9-11-13-15-19(21)23-17(3)18(4)24-20(22)16-14-12-10-8-6-2/h17-18H,5-16H2,1-4H3/t17-,18?/m1/s1. The van der Waals surface area contributed by atoms with Crippen LogP contribution in [0.4, 0.5) is 0 Å². The molecule has 142 valence electrons. The van der Waals surface area contributed by atoms with Gasteiger partial charge in [-0.1, -0.05) is 65.2 Å². The lowest BCUT2D eigenvalue weighted by molar-refractivity contribution is -0.165. The first kappa shape index (κ1) is 22.9. The fourth-order valence-electron chi connectivity index (χ4n) is 2.47. The van der Waals surface area contributed by atoms with Crippen molar-refractivity contribution in [2.24, 2.45) is 0 Å². The van der Waals surface area contributed by atoms with Crippen LogP contribution in [0.5, 0.6) is 0 Å². The lowest BCUT2D eigenvalue weighted by Crippen LogP contribution is -2.30. The Kier molecular flexibility index (Phi) is 14.8. The number of rotatable bonds is 15. The van der Waals surface area contributed by atoms with Gasteiger partial charge in [0.15, 0.2) is 0 Å². The highest BCUT2D eigenvalue weighted by Gasteiger charge is 2.20. The molecule has 0 saturated heterocycles. The summed E-state index contributed by atoms with van der Waals surface area (Å²) in [6, 6.07) is 0. The van der Waals surface area contributed by atoms with Crippen molar-refractivity contribution in [3.63, 3.8) is 0 Å². The molecule has 0 aliphatic carbocycles. The summed E-state index contributed by atoms with van der Waals surface area (Å²) in [5, 5.41) is 0. The van der Waals surface area contributed by atoms with Crippen LogP contribution in [0.15, 0.2) is 0 Å². The smallest absolute Gasteiger partial charge is 0.306 e. The van der Waals surface area contributed by atoms with E-state index in [0.717, 1.165) is 25.7 Å². The molecule has 0 amide bonds. The molecular weight excluding hydrogens is 304 g/mol. The van der Waals surface area contributed by atoms with Crippen LogP contribution >= 0.6 is 0 Å². The Labute approximate surface area is 148 Å². The average Bonchev–Trinajstić information content (AvgIpc) is 2.54. The Hall–Kier alpha value is -1.06. The van der Waals surface area contributed by atoms with Crippen LogP contribution in [0, 0.1) is 0 Å². The van der Waals surface area contributed by atoms with E-state index in [1.54, 1.807) is 13.8 Å². The SMILES string of the molecule is CCCCCCCC(=O)OC(C)[C@@H](C)OC(=O)CCCCCCC. The van der Waals surface area contributed by atoms with Gasteiger partial charge in [-0.2, -0.15) is 0 Å². The zero-order chi connectivity index (χ0) is 18.2. The largest absolute Gasteiger partial charge is 0.459 e. The number of carbonyl (C=O) groups excluding carboxylic acids is 2. The molecule has 0 heterocycles. The minimum atomic E-state index is -0.391. The summed E-state index contributed by atoms with van der Waals surface area (Å²) in [6.07, 6.45) is 11.2. The summed E-state index contributed by atoms with van der Waals surface area (Å²) in [4.78, 5) is 23.6. The summed E-state index contributed by atoms with van der Waals surface area (Å²) in [7, 11) is 0. The number of esters is 2. The minimum absolute atomic E-state index is 0.193. The molecule has 2 atom stereocenters. The summed E-state index contributed by atoms with van der Waals surface area (Å²) in [5.41, 5.74) is 0. The van der Waals surface area contributed by atoms with E-state index >= 15 is 0 Å². The predicted molar refractivity (Wildman–Crippen MR) is 97.9 cm³/mol. The van der Waals surface area contributed by atoms with E-state index < -0.39 is 12.2 Å². The van der Waals surface area contributed by atoms with Crippen molar-refractivity contribution in [1.82, 2.24) is 0 Å². The van der Waals surface area contributed by atoms with Gasteiger partial charge >= 0.3 is 11.9 Å². The Morgan fingerprint density at radius 3 is 1.29 bits per heavy atom. The second-order valence-corrected chi connectivity index (χ2v) is 6.72. The Balaban J connectivity index is 3.78.